The molecule has 0 bridgehead atoms. The number of H-pyrrole nitrogens is 3. The summed E-state index contributed by atoms with van der Waals surface area (Å²) in [6, 6.07) is 1.99. The fourth-order valence-electron chi connectivity index (χ4n) is 15.7. The highest BCUT2D eigenvalue weighted by atomic mass is 35.5. The average Bonchev–Trinajstić information content (AvgIpc) is 1.72. The number of likely N-dealkylation sites (N-methyl/N-ethyl adjacent to an activating group) is 4. The van der Waals surface area contributed by atoms with Crippen LogP contribution in [0.2, 0.25) is 5.02 Å². The lowest BCUT2D eigenvalue weighted by Gasteiger charge is -2.36. The van der Waals surface area contributed by atoms with Crippen molar-refractivity contribution in [1.29, 1.82) is 5.41 Å². The number of ketones is 1. The van der Waals surface area contributed by atoms with Crippen molar-refractivity contribution in [3.63, 3.8) is 0 Å². The Kier molecular flexibility index (Phi) is 39.2. The zero-order valence-corrected chi connectivity index (χ0v) is 76.5. The van der Waals surface area contributed by atoms with E-state index >= 15 is 24.0 Å². The van der Waals surface area contributed by atoms with Crippen molar-refractivity contribution >= 4 is 151 Å². The van der Waals surface area contributed by atoms with Gasteiger partial charge in [0.2, 0.25) is 94.5 Å². The second kappa shape index (κ2) is 49.7. The van der Waals surface area contributed by atoms with Crippen LogP contribution in [0.5, 0.6) is 0 Å². The number of aromatic amines is 3. The Morgan fingerprint density at radius 2 is 1.19 bits per heavy atom. The summed E-state index contributed by atoms with van der Waals surface area (Å²) in [6.45, 7) is 5.37. The molecule has 0 unspecified atom stereocenters. The number of aliphatic hydroxyl groups excluding tert-OH is 1. The quantitative estimate of drug-likeness (QED) is 0.0251. The van der Waals surface area contributed by atoms with Crippen molar-refractivity contribution in [1.82, 2.24) is 97.6 Å². The number of amides is 16. The van der Waals surface area contributed by atoms with Crippen LogP contribution in [0.4, 0.5) is 0 Å². The summed E-state index contributed by atoms with van der Waals surface area (Å²) in [4.78, 5) is 267. The van der Waals surface area contributed by atoms with E-state index in [4.69, 9.17) is 34.2 Å². The van der Waals surface area contributed by atoms with Crippen LogP contribution in [0, 0.1) is 17.2 Å². The minimum Gasteiger partial charge on any atom is -0.394 e. The number of imidazole rings is 1. The molecule has 3 aromatic carbocycles. The number of nitrogens with zero attached hydrogens (tertiary/aromatic N) is 6. The first-order chi connectivity index (χ1) is 62.3. The van der Waals surface area contributed by atoms with E-state index in [0.29, 0.717) is 74.9 Å². The molecule has 21 N–H and O–H groups in total. The van der Waals surface area contributed by atoms with Gasteiger partial charge in [-0.2, -0.15) is 0 Å². The molecule has 41 nitrogen and oxygen atoms in total. The predicted octanol–water partition coefficient (Wildman–Crippen LogP) is -1.17. The maximum atomic E-state index is 15.7. The standard InChI is InChI=1S/C88H122ClN23O18S/c1-10-12-24-69-81(124)105-66(41-98-88(92)93)79(122)107-68(77(120)97-42-73(91)116)45-131-46-74(117)100-63(31-50-20-15-14-16-21-50)84(127)109(7)49(5)75(118)102-65(37-72(90)115)86(129)112-29-19-26-70(112)82(125)101-61(36-55-40-94-47-99-55)78(121)103-62(30-48(3)4)83(126)108(6)43-56(114)33-51(32-52-38-95-59-23-18-17-22-57(52)59)76(119)106-67(44-113)80(123)104-64(34-53-39-96-60-28-27-54(89)35-58(53)60)85(128)111(9)71(25-13-11-2)87(130)110(69)8/h14-18,20-23,27-28,35,38-40,47-49,51,61-71,95-96,113H,10-13,19,24-26,29-34,36-37,41-46H2,1-9H3,(H2,90,115)(H2,91,116)(H,94,99)(H,97,120)(H,100,117)(H,101,125)(H,102,118)(H,103,121)(H,104,123)(H,105,124)(H,106,119)(H,107,122)(H4,92,93,98)/t49-,51+,61-,62-,63-,64-,65-,66-,67-,68-,69-,70-,71-/m0/s1. The Morgan fingerprint density at radius 3 is 1.84 bits per heavy atom. The third-order valence-electron chi connectivity index (χ3n) is 23.0. The van der Waals surface area contributed by atoms with Gasteiger partial charge in [-0.15, -0.1) is 11.8 Å². The Hall–Kier alpha value is -13.0. The molecule has 8 rings (SSSR count). The number of thioether (sulfide) groups is 1. The number of nitrogens with two attached hydrogens (primary N) is 3. The van der Waals surface area contributed by atoms with Gasteiger partial charge in [-0.05, 0) is 92.3 Å². The number of Topliss-reactive ketones (excluding diaryl/α,β-unsaturated/α-hetero) is 1. The molecule has 2 fully saturated rings. The Morgan fingerprint density at radius 1 is 0.595 bits per heavy atom. The molecule has 2 aliphatic rings. The van der Waals surface area contributed by atoms with Gasteiger partial charge in [0.05, 0.1) is 38.2 Å². The lowest BCUT2D eigenvalue weighted by atomic mass is 9.92. The summed E-state index contributed by atoms with van der Waals surface area (Å²) in [6.07, 6.45) is 5.45. The number of aliphatic hydroxyl groups is 1. The molecular weight excluding hydrogens is 1730 g/mol. The van der Waals surface area contributed by atoms with E-state index in [1.807, 2.05) is 13.8 Å². The first-order valence-corrected chi connectivity index (χ1v) is 45.1. The topological polar surface area (TPSA) is 609 Å². The van der Waals surface area contributed by atoms with Gasteiger partial charge in [-0.25, -0.2) is 4.98 Å². The molecule has 3 aromatic heterocycles. The fourth-order valence-corrected chi connectivity index (χ4v) is 16.7. The van der Waals surface area contributed by atoms with Gasteiger partial charge in [0.15, 0.2) is 11.7 Å². The lowest BCUT2D eigenvalue weighted by molar-refractivity contribution is -0.149. The van der Waals surface area contributed by atoms with Gasteiger partial charge in [-0.3, -0.25) is 86.9 Å². The van der Waals surface area contributed by atoms with E-state index < -0.39 is 235 Å². The van der Waals surface area contributed by atoms with Gasteiger partial charge in [0, 0.05) is 130 Å². The van der Waals surface area contributed by atoms with Crippen molar-refractivity contribution in [2.45, 2.75) is 203 Å². The van der Waals surface area contributed by atoms with Crippen LogP contribution in [-0.4, -0.2) is 301 Å². The highest BCUT2D eigenvalue weighted by Crippen LogP contribution is 2.28. The van der Waals surface area contributed by atoms with Gasteiger partial charge < -0.3 is 115 Å². The Balaban J connectivity index is 1.18. The minimum absolute atomic E-state index is 0.0117. The zero-order valence-electron chi connectivity index (χ0n) is 75.0. The number of unbranched alkanes of at least 4 members (excludes halogenated alkanes) is 2. The minimum atomic E-state index is -1.84. The van der Waals surface area contributed by atoms with Crippen LogP contribution in [0.15, 0.2) is 97.7 Å². The van der Waals surface area contributed by atoms with Crippen LogP contribution >= 0.6 is 23.4 Å². The normalized spacial score (nSPS) is 23.7. The number of carbonyl (C=O) groups excluding carboxylic acids is 17. The van der Waals surface area contributed by atoms with E-state index in [0.717, 1.165) is 36.3 Å². The third kappa shape index (κ3) is 29.8. The lowest BCUT2D eigenvalue weighted by Crippen LogP contribution is -2.62. The van der Waals surface area contributed by atoms with Crippen molar-refractivity contribution in [2.75, 3.05) is 72.5 Å². The summed E-state index contributed by atoms with van der Waals surface area (Å²) in [5, 5.41) is 46.8. The van der Waals surface area contributed by atoms with Gasteiger partial charge in [0.1, 0.15) is 72.5 Å². The molecule has 43 heteroatoms. The second-order valence-electron chi connectivity index (χ2n) is 33.4. The first-order valence-electron chi connectivity index (χ1n) is 43.5. The summed E-state index contributed by atoms with van der Waals surface area (Å²) in [5.74, 6) is -18.7. The summed E-state index contributed by atoms with van der Waals surface area (Å²) < 4.78 is 0. The molecule has 2 saturated heterocycles. The van der Waals surface area contributed by atoms with E-state index in [1.165, 1.54) is 47.6 Å². The summed E-state index contributed by atoms with van der Waals surface area (Å²) in [5.41, 5.74) is 20.0. The second-order valence-corrected chi connectivity index (χ2v) is 34.9. The number of carbonyl (C=O) groups is 17. The first kappa shape index (κ1) is 103. The van der Waals surface area contributed by atoms with Gasteiger partial charge in [0.25, 0.3) is 0 Å². The van der Waals surface area contributed by atoms with E-state index in [9.17, 15) is 62.6 Å². The Labute approximate surface area is 767 Å². The Bertz CT molecular complexity index is 5070. The monoisotopic (exact) mass is 1860 g/mol. The molecule has 2 aliphatic heterocycles. The predicted molar refractivity (Wildman–Crippen MR) is 487 cm³/mol. The summed E-state index contributed by atoms with van der Waals surface area (Å²) >= 11 is 7.31. The number of nitrogens with one attached hydrogen (secondary N) is 14. The summed E-state index contributed by atoms with van der Waals surface area (Å²) in [7, 11) is 5.21. The number of fused-ring (bicyclic) bond motifs is 3. The van der Waals surface area contributed by atoms with Crippen LogP contribution in [0.25, 0.3) is 21.8 Å². The highest BCUT2D eigenvalue weighted by molar-refractivity contribution is 8.00. The fraction of sp³-hybridized carbons (Fsp3) is 0.511. The van der Waals surface area contributed by atoms with Crippen molar-refractivity contribution in [3.05, 3.63) is 125 Å². The third-order valence-corrected chi connectivity index (χ3v) is 24.2. The van der Waals surface area contributed by atoms with Crippen molar-refractivity contribution in [3.8, 4) is 0 Å². The van der Waals surface area contributed by atoms with Gasteiger partial charge >= 0.3 is 0 Å². The number of rotatable bonds is 24. The number of halogens is 1. The molecule has 0 radical (unpaired) electrons. The highest BCUT2D eigenvalue weighted by Gasteiger charge is 2.44. The van der Waals surface area contributed by atoms with Crippen molar-refractivity contribution in [2.24, 2.45) is 29.0 Å². The molecular formula is C88H122ClN23O18S. The molecule has 5 heterocycles. The van der Waals surface area contributed by atoms with Gasteiger partial charge in [-0.1, -0.05) is 114 Å². The number of benzene rings is 3. The number of hydrogen-bond donors (Lipinski definition) is 18. The maximum Gasteiger partial charge on any atom is 0.246 e. The molecule has 0 aliphatic carbocycles. The van der Waals surface area contributed by atoms with Crippen molar-refractivity contribution < 1.29 is 86.6 Å². The number of primary amides is 2. The number of aromatic nitrogens is 4. The van der Waals surface area contributed by atoms with E-state index in [1.54, 1.807) is 99.0 Å². The van der Waals surface area contributed by atoms with E-state index in [-0.39, 0.29) is 70.3 Å². The SMILES string of the molecule is CCCC[C@H]1C(=O)N(C)[C@@H](CCCC)C(=O)N[C@@H](CNC(=N)N)C(=O)N[C@H](C(=O)NCC(N)=O)CSCC(=O)N[C@@H](Cc2ccccc2)C(=O)N(C)[C@@H](C)C(=O)N[C@@H](CC(N)=O)C(=O)N2CCC[C@H]2C(=O)N[C@@H](Cc2cnc[nH]2)C(=O)N[C@@H](CC(C)C)C(=O)N(C)CC(=O)C[C@@H](Cc2c[nH]c3ccccc23)C(=O)N[C@@H](CO)C(=O)N[C@@H](Cc2c[nH]c3ccc(Cl)cc23)C(=O)N1C. The van der Waals surface area contributed by atoms with Crippen LogP contribution in [0.3, 0.4) is 0 Å². The van der Waals surface area contributed by atoms with Crippen LogP contribution in [-0.2, 0) is 107 Å². The maximum absolute atomic E-state index is 15.7. The molecule has 0 spiro atoms. The zero-order chi connectivity index (χ0) is 96.0. The molecule has 6 aromatic rings. The largest absolute Gasteiger partial charge is 0.394 e. The number of hydrogen-bond acceptors (Lipinski definition) is 21. The smallest absolute Gasteiger partial charge is 0.246 e. The van der Waals surface area contributed by atoms with Crippen LogP contribution in [0.1, 0.15) is 128 Å². The molecule has 131 heavy (non-hydrogen) atoms. The molecule has 16 amide bonds. The average molecular weight is 1860 g/mol. The molecule has 710 valence electrons. The van der Waals surface area contributed by atoms with E-state index in [2.05, 4.69) is 73.1 Å². The number of para-hydroxylation sites is 1. The number of guanidine groups is 1. The molecule has 13 atom stereocenters. The van der Waals surface area contributed by atoms with Crippen LogP contribution < -0.4 is 70.4 Å². The molecule has 0 saturated carbocycles.